The molecule has 4 aliphatic heterocycles. The Labute approximate surface area is 493 Å². The van der Waals surface area contributed by atoms with Crippen LogP contribution in [0.5, 0.6) is 0 Å². The number of hydrogen-bond acceptors (Lipinski definition) is 21. The highest BCUT2D eigenvalue weighted by molar-refractivity contribution is 5.90. The fraction of sp³-hybridized carbons (Fsp3) is 0.778. The molecule has 27 atom stereocenters. The Bertz CT molecular complexity index is 2530. The molecule has 0 amide bonds. The van der Waals surface area contributed by atoms with Crippen LogP contribution in [0.25, 0.3) is 0 Å². The van der Waals surface area contributed by atoms with Crippen LogP contribution in [-0.4, -0.2) is 206 Å². The summed E-state index contributed by atoms with van der Waals surface area (Å²) in [6.07, 6.45) is -10.1. The lowest BCUT2D eigenvalue weighted by atomic mass is 9.40. The summed E-state index contributed by atoms with van der Waals surface area (Å²) in [7, 11) is 6.26. The number of aliphatic hydroxyl groups is 5. The van der Waals surface area contributed by atoms with Crippen molar-refractivity contribution in [2.75, 3.05) is 28.4 Å². The summed E-state index contributed by atoms with van der Waals surface area (Å²) < 4.78 is 87.6. The molecule has 8 aliphatic rings. The van der Waals surface area contributed by atoms with Crippen molar-refractivity contribution in [1.82, 2.24) is 0 Å². The fourth-order valence-corrected chi connectivity index (χ4v) is 16.5. The van der Waals surface area contributed by atoms with Crippen LogP contribution in [0.2, 0.25) is 0 Å². The van der Waals surface area contributed by atoms with E-state index in [0.29, 0.717) is 56.1 Å². The first-order chi connectivity index (χ1) is 40.0. The molecule has 10 rings (SSSR count). The standard InChI is InChI=1S/C63H92O21/c1-33-50(64)55(74-11)51(65)58(78-33)84-54-36(4)77-49(31-44(54)73-10)83-53-35(3)76-48(30-43(53)72-9)82-52-34(2)75-47(29-42(52)71-8)80-41-23-24-59(6)40(28-41)22-25-62(69)45(59)32-46(81-57(67)39-20-16-13-17-21-39)60(7)61(68,26-27-63(60,62)70)37(5)79-56(66)38-18-14-12-15-19-38/h12-21,33-37,40-55,58,64-65,68-70H,22-32H2,1-11H3/t33-,34-,35-,36-,37+,40+,41+,42+,43+,44-,45-,46-,47+,48+,49+,50-,51-,52-,53-,54-,55-,58+,59+,60-,61+,62+,63-/m1/s1. The van der Waals surface area contributed by atoms with Gasteiger partial charge in [0.2, 0.25) is 0 Å². The smallest absolute Gasteiger partial charge is 0.338 e. The van der Waals surface area contributed by atoms with Crippen molar-refractivity contribution in [1.29, 1.82) is 0 Å². The van der Waals surface area contributed by atoms with Gasteiger partial charge in [-0.3, -0.25) is 0 Å². The number of aliphatic hydroxyl groups excluding tert-OH is 2. The number of fused-ring (bicyclic) bond motifs is 5. The summed E-state index contributed by atoms with van der Waals surface area (Å²) in [5.74, 6) is -1.75. The molecule has 5 N–H and O–H groups in total. The van der Waals surface area contributed by atoms with Gasteiger partial charge in [-0.15, -0.1) is 0 Å². The molecule has 21 nitrogen and oxygen atoms in total. The van der Waals surface area contributed by atoms with Crippen molar-refractivity contribution in [3.05, 3.63) is 71.8 Å². The lowest BCUT2D eigenvalue weighted by molar-refractivity contribution is -0.356. The van der Waals surface area contributed by atoms with Crippen molar-refractivity contribution < 1.29 is 101 Å². The number of hydrogen-bond donors (Lipinski definition) is 5. The van der Waals surface area contributed by atoms with Crippen LogP contribution >= 0.6 is 0 Å². The highest BCUT2D eigenvalue weighted by Crippen LogP contribution is 2.72. The first-order valence-electron chi connectivity index (χ1n) is 30.4. The molecule has 2 aromatic carbocycles. The Morgan fingerprint density at radius 3 is 1.60 bits per heavy atom. The minimum absolute atomic E-state index is 0.0129. The van der Waals surface area contributed by atoms with Crippen LogP contribution in [0, 0.1) is 22.7 Å². The van der Waals surface area contributed by atoms with Gasteiger partial charge in [0.15, 0.2) is 25.2 Å². The number of carbonyl (C=O) groups is 2. The summed E-state index contributed by atoms with van der Waals surface area (Å²) in [5, 5.41) is 61.3. The summed E-state index contributed by atoms with van der Waals surface area (Å²) in [5.41, 5.74) is -7.15. The van der Waals surface area contributed by atoms with E-state index in [4.69, 9.17) is 66.3 Å². The van der Waals surface area contributed by atoms with Crippen molar-refractivity contribution >= 4 is 11.9 Å². The zero-order valence-corrected chi connectivity index (χ0v) is 50.5. The van der Waals surface area contributed by atoms with E-state index in [2.05, 4.69) is 6.92 Å². The van der Waals surface area contributed by atoms with E-state index < -0.39 is 162 Å². The van der Waals surface area contributed by atoms with Gasteiger partial charge in [-0.05, 0) is 128 Å². The fourth-order valence-electron chi connectivity index (χ4n) is 16.5. The maximum absolute atomic E-state index is 14.1. The molecule has 4 saturated carbocycles. The molecular weight excluding hydrogens is 1090 g/mol. The number of rotatable bonds is 17. The van der Waals surface area contributed by atoms with Crippen LogP contribution in [0.1, 0.15) is 140 Å². The van der Waals surface area contributed by atoms with Crippen LogP contribution < -0.4 is 0 Å². The molecule has 0 radical (unpaired) electrons. The summed E-state index contributed by atoms with van der Waals surface area (Å²) in [6.45, 7) is 12.8. The highest BCUT2D eigenvalue weighted by Gasteiger charge is 2.82. The molecule has 2 aromatic rings. The van der Waals surface area contributed by atoms with E-state index in [-0.39, 0.29) is 37.7 Å². The molecule has 0 unspecified atom stereocenters. The van der Waals surface area contributed by atoms with Gasteiger partial charge < -0.3 is 91.8 Å². The predicted molar refractivity (Wildman–Crippen MR) is 298 cm³/mol. The van der Waals surface area contributed by atoms with Gasteiger partial charge in [0.1, 0.15) is 60.0 Å². The van der Waals surface area contributed by atoms with E-state index in [1.54, 1.807) is 103 Å². The van der Waals surface area contributed by atoms with E-state index in [1.165, 1.54) is 7.11 Å². The van der Waals surface area contributed by atoms with Crippen molar-refractivity contribution in [2.45, 2.75) is 259 Å². The van der Waals surface area contributed by atoms with E-state index >= 15 is 0 Å². The van der Waals surface area contributed by atoms with Gasteiger partial charge in [0.05, 0.1) is 71.0 Å². The molecule has 84 heavy (non-hydrogen) atoms. The van der Waals surface area contributed by atoms with Crippen molar-refractivity contribution in [3.8, 4) is 0 Å². The van der Waals surface area contributed by atoms with Gasteiger partial charge in [0, 0.05) is 47.7 Å². The molecule has 21 heteroatoms. The number of methoxy groups -OCH3 is 4. The average Bonchev–Trinajstić information content (AvgIpc) is 1.35. The van der Waals surface area contributed by atoms with E-state index in [1.807, 2.05) is 20.8 Å². The van der Waals surface area contributed by atoms with Gasteiger partial charge in [-0.2, -0.15) is 0 Å². The van der Waals surface area contributed by atoms with Gasteiger partial charge in [-0.1, -0.05) is 50.2 Å². The molecule has 4 heterocycles. The molecular formula is C63H92O21. The van der Waals surface area contributed by atoms with E-state index in [9.17, 15) is 35.1 Å². The lowest BCUT2D eigenvalue weighted by Gasteiger charge is -2.69. The predicted octanol–water partition coefficient (Wildman–Crippen LogP) is 5.54. The van der Waals surface area contributed by atoms with Gasteiger partial charge in [-0.25, -0.2) is 9.59 Å². The zero-order valence-electron chi connectivity index (χ0n) is 50.5. The molecule has 4 aliphatic carbocycles. The minimum Gasteiger partial charge on any atom is -0.458 e. The quantitative estimate of drug-likeness (QED) is 0.0961. The molecule has 0 spiro atoms. The highest BCUT2D eigenvalue weighted by atomic mass is 16.8. The van der Waals surface area contributed by atoms with Crippen molar-refractivity contribution in [3.63, 3.8) is 0 Å². The Morgan fingerprint density at radius 1 is 0.560 bits per heavy atom. The minimum atomic E-state index is -1.95. The molecule has 0 bridgehead atoms. The number of carbonyl (C=O) groups excluding carboxylic acids is 2. The van der Waals surface area contributed by atoms with Gasteiger partial charge in [0.25, 0.3) is 0 Å². The number of ether oxygens (including phenoxy) is 14. The van der Waals surface area contributed by atoms with E-state index in [0.717, 1.165) is 0 Å². The second kappa shape index (κ2) is 25.3. The molecule has 4 saturated heterocycles. The molecule has 8 fully saturated rings. The third-order valence-electron chi connectivity index (χ3n) is 21.5. The molecule has 470 valence electrons. The second-order valence-electron chi connectivity index (χ2n) is 25.7. The third kappa shape index (κ3) is 11.3. The topological polar surface area (TPSA) is 265 Å². The largest absolute Gasteiger partial charge is 0.458 e. The Kier molecular flexibility index (Phi) is 19.2. The lowest BCUT2D eigenvalue weighted by Crippen LogP contribution is -2.79. The summed E-state index contributed by atoms with van der Waals surface area (Å²) in [4.78, 5) is 27.6. The van der Waals surface area contributed by atoms with Crippen LogP contribution in [0.4, 0.5) is 0 Å². The van der Waals surface area contributed by atoms with Gasteiger partial charge >= 0.3 is 11.9 Å². The summed E-state index contributed by atoms with van der Waals surface area (Å²) >= 11 is 0. The summed E-state index contributed by atoms with van der Waals surface area (Å²) in [6, 6.07) is 17.1. The Balaban J connectivity index is 0.764. The first-order valence-corrected chi connectivity index (χ1v) is 30.4. The number of esters is 2. The normalized spacial score (nSPS) is 47.1. The van der Waals surface area contributed by atoms with Crippen LogP contribution in [-0.2, 0) is 66.3 Å². The molecule has 0 aromatic heterocycles. The maximum atomic E-state index is 14.1. The third-order valence-corrected chi connectivity index (χ3v) is 21.5. The van der Waals surface area contributed by atoms with Crippen LogP contribution in [0.15, 0.2) is 60.7 Å². The monoisotopic (exact) mass is 1180 g/mol. The van der Waals surface area contributed by atoms with Crippen molar-refractivity contribution in [2.24, 2.45) is 22.7 Å². The SMILES string of the molecule is CO[C@H]1[C@@H](O)[C@H](O[C@@H]2[C@@H](C)O[C@@H](O[C@H]3[C@@H](OC)C[C@H](O[C@H]4[C@@H](OC)C[C@H](O[C@H]5CC[C@@]6(C)[C@@H](CC[C@]7(O)[C@@H]6C[C@@H](OC(=O)c6ccccc6)[C@@]6(C)[C@]7(O)CC[C@]6(O)[C@H](C)OC(=O)c6ccccc6)C5)O[C@@H]4C)O[C@@H]3C)C[C@H]2OC)O[C@H](C)[C@H]1O. The maximum Gasteiger partial charge on any atom is 0.338 e. The first kappa shape index (κ1) is 63.7. The zero-order chi connectivity index (χ0) is 60.3. The Hall–Kier alpha value is -3.30. The van der Waals surface area contributed by atoms with Crippen LogP contribution in [0.3, 0.4) is 0 Å². The second-order valence-corrected chi connectivity index (χ2v) is 25.7. The number of benzene rings is 2. The Morgan fingerprint density at radius 2 is 1.07 bits per heavy atom. The average molecular weight is 1190 g/mol.